The van der Waals surface area contributed by atoms with Crippen molar-refractivity contribution in [2.24, 2.45) is 4.99 Å². The molecular weight excluding hydrogens is 268 g/mol. The maximum Gasteiger partial charge on any atom is 0.328 e. The average Bonchev–Trinajstić information content (AvgIpc) is 2.43. The quantitative estimate of drug-likeness (QED) is 0.400. The van der Waals surface area contributed by atoms with Crippen LogP contribution in [0.4, 0.5) is 0 Å². The Bertz CT molecular complexity index is 434. The lowest BCUT2D eigenvalue weighted by atomic mass is 9.85. The van der Waals surface area contributed by atoms with E-state index in [1.54, 1.807) is 0 Å². The highest BCUT2D eigenvalue weighted by Crippen LogP contribution is 2.30. The number of rotatable bonds is 6. The fourth-order valence-corrected chi connectivity index (χ4v) is 2.08. The summed E-state index contributed by atoms with van der Waals surface area (Å²) in [7, 11) is 2.91. The van der Waals surface area contributed by atoms with Gasteiger partial charge in [0.25, 0.3) is 0 Å². The van der Waals surface area contributed by atoms with E-state index in [2.05, 4.69) is 10.3 Å². The molecule has 2 atom stereocenters. The Balaban J connectivity index is 3.14. The molecule has 0 aromatic rings. The van der Waals surface area contributed by atoms with Gasteiger partial charge in [-0.1, -0.05) is 0 Å². The van der Waals surface area contributed by atoms with Crippen LogP contribution in [0.25, 0.3) is 0 Å². The molecule has 114 valence electrons. The van der Waals surface area contributed by atoms with Crippen molar-refractivity contribution in [2.75, 3.05) is 27.4 Å². The second kappa shape index (κ2) is 6.69. The van der Waals surface area contributed by atoms with E-state index in [0.29, 0.717) is 11.5 Å². The van der Waals surface area contributed by atoms with Gasteiger partial charge in [0, 0.05) is 19.9 Å². The molecule has 0 bridgehead atoms. The van der Waals surface area contributed by atoms with E-state index < -0.39 is 30.8 Å². The molecule has 0 spiro atoms. The Hall–Kier alpha value is -1.64. The predicted octanol–water partition coefficient (Wildman–Crippen LogP) is -1.53. The van der Waals surface area contributed by atoms with Gasteiger partial charge in [0.15, 0.2) is 5.76 Å². The van der Waals surface area contributed by atoms with E-state index in [1.165, 1.54) is 14.2 Å². The topological polar surface area (TPSA) is 132 Å². The fraction of sp³-hybridized carbons (Fsp3) is 0.667. The molecule has 0 heterocycles. The maximum atomic E-state index is 11.0. The van der Waals surface area contributed by atoms with E-state index in [1.807, 2.05) is 0 Å². The molecular formula is C12H20N2O6. The van der Waals surface area contributed by atoms with Crippen molar-refractivity contribution in [3.05, 3.63) is 11.5 Å². The summed E-state index contributed by atoms with van der Waals surface area (Å²) in [6, 6.07) is -1.23. The number of methoxy groups -OCH3 is 1. The van der Waals surface area contributed by atoms with Crippen LogP contribution in [0.3, 0.4) is 0 Å². The lowest BCUT2D eigenvalue weighted by molar-refractivity contribution is -0.140. The first-order valence-corrected chi connectivity index (χ1v) is 6.07. The van der Waals surface area contributed by atoms with Crippen molar-refractivity contribution in [2.45, 2.75) is 24.5 Å². The zero-order valence-corrected chi connectivity index (χ0v) is 11.5. The molecule has 0 unspecified atom stereocenters. The summed E-state index contributed by atoms with van der Waals surface area (Å²) in [6.07, 6.45) is 0.0840. The van der Waals surface area contributed by atoms with Gasteiger partial charge in [0.05, 0.1) is 37.3 Å². The Morgan fingerprint density at radius 3 is 2.55 bits per heavy atom. The van der Waals surface area contributed by atoms with Gasteiger partial charge in [0.1, 0.15) is 6.04 Å². The summed E-state index contributed by atoms with van der Waals surface area (Å²) in [5.74, 6) is -0.908. The third kappa shape index (κ3) is 3.47. The minimum absolute atomic E-state index is 0.0184. The zero-order chi connectivity index (χ0) is 15.3. The van der Waals surface area contributed by atoms with Crippen molar-refractivity contribution in [1.82, 2.24) is 5.32 Å². The van der Waals surface area contributed by atoms with Gasteiger partial charge in [-0.2, -0.15) is 0 Å². The van der Waals surface area contributed by atoms with Crippen LogP contribution in [0.1, 0.15) is 12.8 Å². The first kappa shape index (κ1) is 16.4. The second-order valence-electron chi connectivity index (χ2n) is 4.64. The number of nitrogens with one attached hydrogen (secondary N) is 1. The highest BCUT2D eigenvalue weighted by atomic mass is 16.5. The molecule has 1 aliphatic rings. The number of carbonyl (C=O) groups is 1. The molecule has 0 saturated carbocycles. The number of aliphatic imine (C=N–C) groups is 1. The minimum Gasteiger partial charge on any atom is -0.493 e. The van der Waals surface area contributed by atoms with Crippen LogP contribution in [-0.4, -0.2) is 71.1 Å². The highest BCUT2D eigenvalue weighted by molar-refractivity contribution is 6.00. The third-order valence-electron chi connectivity index (χ3n) is 3.14. The zero-order valence-electron chi connectivity index (χ0n) is 11.5. The van der Waals surface area contributed by atoms with E-state index >= 15 is 0 Å². The molecule has 1 aliphatic carbocycles. The number of carboxylic acids is 1. The molecule has 5 N–H and O–H groups in total. The van der Waals surface area contributed by atoms with E-state index in [-0.39, 0.29) is 18.5 Å². The SMILES string of the molecule is CN=C1C[C@](O)(CO)CC(N[C@@H](CO)C(=O)O)=C1OC. The van der Waals surface area contributed by atoms with Crippen molar-refractivity contribution >= 4 is 11.7 Å². The van der Waals surface area contributed by atoms with Gasteiger partial charge in [0.2, 0.25) is 0 Å². The van der Waals surface area contributed by atoms with Crippen LogP contribution in [0.15, 0.2) is 16.4 Å². The van der Waals surface area contributed by atoms with Crippen molar-refractivity contribution in [1.29, 1.82) is 0 Å². The lowest BCUT2D eigenvalue weighted by Gasteiger charge is -2.34. The summed E-state index contributed by atoms with van der Waals surface area (Å²) in [4.78, 5) is 14.9. The smallest absolute Gasteiger partial charge is 0.328 e. The van der Waals surface area contributed by atoms with Crippen molar-refractivity contribution in [3.8, 4) is 0 Å². The van der Waals surface area contributed by atoms with Crippen LogP contribution in [-0.2, 0) is 9.53 Å². The predicted molar refractivity (Wildman–Crippen MR) is 70.3 cm³/mol. The summed E-state index contributed by atoms with van der Waals surface area (Å²) in [5, 5.41) is 40.1. The molecule has 0 aromatic heterocycles. The molecule has 0 fully saturated rings. The summed E-state index contributed by atoms with van der Waals surface area (Å²) < 4.78 is 5.19. The molecule has 0 aromatic carbocycles. The van der Waals surface area contributed by atoms with Crippen LogP contribution < -0.4 is 5.32 Å². The Labute approximate surface area is 116 Å². The van der Waals surface area contributed by atoms with Gasteiger partial charge < -0.3 is 30.5 Å². The normalized spacial score (nSPS) is 26.6. The number of aliphatic carboxylic acids is 1. The Morgan fingerprint density at radius 1 is 1.50 bits per heavy atom. The van der Waals surface area contributed by atoms with Gasteiger partial charge in [-0.3, -0.25) is 4.99 Å². The number of aliphatic hydroxyl groups excluding tert-OH is 2. The number of hydrogen-bond acceptors (Lipinski definition) is 7. The lowest BCUT2D eigenvalue weighted by Crippen LogP contribution is -2.47. The Morgan fingerprint density at radius 2 is 2.15 bits per heavy atom. The van der Waals surface area contributed by atoms with E-state index in [0.717, 1.165) is 0 Å². The number of nitrogens with zero attached hydrogens (tertiary/aromatic N) is 1. The van der Waals surface area contributed by atoms with Gasteiger partial charge >= 0.3 is 5.97 Å². The van der Waals surface area contributed by atoms with Crippen LogP contribution in [0, 0.1) is 0 Å². The van der Waals surface area contributed by atoms with Crippen molar-refractivity contribution in [3.63, 3.8) is 0 Å². The Kier molecular flexibility index (Phi) is 5.49. The molecule has 1 rings (SSSR count). The monoisotopic (exact) mass is 288 g/mol. The number of ether oxygens (including phenoxy) is 1. The van der Waals surface area contributed by atoms with Gasteiger partial charge in [-0.25, -0.2) is 4.79 Å². The van der Waals surface area contributed by atoms with Gasteiger partial charge in [-0.15, -0.1) is 0 Å². The number of allylic oxidation sites excluding steroid dienone is 1. The molecule has 0 radical (unpaired) electrons. The summed E-state index contributed by atoms with van der Waals surface area (Å²) >= 11 is 0. The molecule has 20 heavy (non-hydrogen) atoms. The average molecular weight is 288 g/mol. The maximum absolute atomic E-state index is 11.0. The summed E-state index contributed by atoms with van der Waals surface area (Å²) in [5.41, 5.74) is -0.727. The van der Waals surface area contributed by atoms with Crippen LogP contribution in [0.5, 0.6) is 0 Å². The second-order valence-corrected chi connectivity index (χ2v) is 4.64. The largest absolute Gasteiger partial charge is 0.493 e. The van der Waals surface area contributed by atoms with Crippen LogP contribution >= 0.6 is 0 Å². The molecule has 0 aliphatic heterocycles. The first-order chi connectivity index (χ1) is 9.40. The number of hydrogen-bond donors (Lipinski definition) is 5. The first-order valence-electron chi connectivity index (χ1n) is 6.07. The molecule has 8 nitrogen and oxygen atoms in total. The van der Waals surface area contributed by atoms with Crippen LogP contribution in [0.2, 0.25) is 0 Å². The fourth-order valence-electron chi connectivity index (χ4n) is 2.08. The molecule has 0 saturated heterocycles. The number of aliphatic hydroxyl groups is 3. The van der Waals surface area contributed by atoms with E-state index in [9.17, 15) is 15.0 Å². The highest BCUT2D eigenvalue weighted by Gasteiger charge is 2.38. The third-order valence-corrected chi connectivity index (χ3v) is 3.14. The standard InChI is InChI=1S/C12H20N2O6/c1-13-7-3-12(19,6-16)4-8(10(7)20-2)14-9(5-15)11(17)18/h9,14-16,19H,3-6H2,1-2H3,(H,17,18)/t9-,12+/m0/s1. The molecule has 8 heteroatoms. The van der Waals surface area contributed by atoms with Crippen molar-refractivity contribution < 1.29 is 30.0 Å². The van der Waals surface area contributed by atoms with Gasteiger partial charge in [-0.05, 0) is 0 Å². The summed E-state index contributed by atoms with van der Waals surface area (Å²) in [6.45, 7) is -1.11. The molecule has 0 amide bonds. The minimum atomic E-state index is -1.43. The van der Waals surface area contributed by atoms with E-state index in [4.69, 9.17) is 14.9 Å². The number of carboxylic acid groups (broad SMARTS) is 1.